The van der Waals surface area contributed by atoms with Gasteiger partial charge in [-0.2, -0.15) is 0 Å². The highest BCUT2D eigenvalue weighted by Crippen LogP contribution is 2.59. The SMILES string of the molecule is C=CCOC(=O)[C@@H]1[C@@H]2CCC3(O2)C(C(=O)N(CC=C)Cn2nnc4ccccc42)N([C@@H](CO)Cc2ccccc2)C(=O)[C@H]13. The summed E-state index contributed by atoms with van der Waals surface area (Å²) in [5, 5.41) is 19.1. The zero-order valence-corrected chi connectivity index (χ0v) is 23.8. The lowest BCUT2D eigenvalue weighted by molar-refractivity contribution is -0.156. The third-order valence-corrected chi connectivity index (χ3v) is 8.89. The predicted octanol–water partition coefficient (Wildman–Crippen LogP) is 2.11. The van der Waals surface area contributed by atoms with E-state index in [0.29, 0.717) is 24.8 Å². The van der Waals surface area contributed by atoms with E-state index in [1.807, 2.05) is 54.6 Å². The van der Waals surface area contributed by atoms with Gasteiger partial charge in [0.2, 0.25) is 11.8 Å². The second-order valence-corrected chi connectivity index (χ2v) is 11.3. The lowest BCUT2D eigenvalue weighted by Gasteiger charge is -2.39. The van der Waals surface area contributed by atoms with Crippen molar-refractivity contribution in [2.45, 2.75) is 49.7 Å². The Bertz CT molecular complexity index is 1540. The summed E-state index contributed by atoms with van der Waals surface area (Å²) in [6, 6.07) is 15.1. The molecule has 1 spiro atoms. The second-order valence-electron chi connectivity index (χ2n) is 11.3. The molecule has 3 fully saturated rings. The summed E-state index contributed by atoms with van der Waals surface area (Å²) in [5.74, 6) is -3.08. The number of esters is 1. The molecule has 3 aliphatic heterocycles. The van der Waals surface area contributed by atoms with Crippen LogP contribution in [0.4, 0.5) is 0 Å². The van der Waals surface area contributed by atoms with Gasteiger partial charge in [-0.3, -0.25) is 14.4 Å². The number of aromatic nitrogens is 3. The number of likely N-dealkylation sites (tertiary alicyclic amines) is 1. The van der Waals surface area contributed by atoms with Gasteiger partial charge in [0.15, 0.2) is 0 Å². The van der Waals surface area contributed by atoms with Crippen LogP contribution in [0.3, 0.4) is 0 Å². The van der Waals surface area contributed by atoms with E-state index in [9.17, 15) is 19.5 Å². The van der Waals surface area contributed by atoms with Crippen molar-refractivity contribution >= 4 is 28.8 Å². The molecule has 2 aromatic carbocycles. The van der Waals surface area contributed by atoms with Gasteiger partial charge in [0, 0.05) is 6.54 Å². The van der Waals surface area contributed by atoms with Crippen LogP contribution < -0.4 is 0 Å². The molecule has 3 aromatic rings. The lowest BCUT2D eigenvalue weighted by atomic mass is 9.70. The second kappa shape index (κ2) is 11.7. The fourth-order valence-corrected chi connectivity index (χ4v) is 7.14. The van der Waals surface area contributed by atoms with Crippen molar-refractivity contribution < 1.29 is 29.0 Å². The Balaban J connectivity index is 1.40. The van der Waals surface area contributed by atoms with E-state index in [4.69, 9.17) is 9.47 Å². The molecule has 0 saturated carbocycles. The van der Waals surface area contributed by atoms with Crippen molar-refractivity contribution in [2.24, 2.45) is 11.8 Å². The molecule has 3 saturated heterocycles. The van der Waals surface area contributed by atoms with Gasteiger partial charge >= 0.3 is 5.97 Å². The molecular formula is C32H35N5O6. The number of hydrogen-bond donors (Lipinski definition) is 1. The molecule has 6 atom stereocenters. The molecule has 2 amide bonds. The Kier molecular flexibility index (Phi) is 7.85. The highest BCUT2D eigenvalue weighted by molar-refractivity contribution is 5.98. The monoisotopic (exact) mass is 585 g/mol. The smallest absolute Gasteiger partial charge is 0.312 e. The molecule has 11 heteroatoms. The largest absolute Gasteiger partial charge is 0.461 e. The topological polar surface area (TPSA) is 127 Å². The van der Waals surface area contributed by atoms with E-state index in [2.05, 4.69) is 23.5 Å². The van der Waals surface area contributed by atoms with Gasteiger partial charge in [-0.25, -0.2) is 4.68 Å². The third kappa shape index (κ3) is 4.82. The fraction of sp³-hybridized carbons (Fsp3) is 0.406. The molecule has 6 rings (SSSR count). The molecule has 43 heavy (non-hydrogen) atoms. The van der Waals surface area contributed by atoms with Crippen molar-refractivity contribution in [1.29, 1.82) is 0 Å². The Morgan fingerprint density at radius 1 is 1.16 bits per heavy atom. The summed E-state index contributed by atoms with van der Waals surface area (Å²) in [4.78, 5) is 45.5. The summed E-state index contributed by atoms with van der Waals surface area (Å²) < 4.78 is 13.6. The van der Waals surface area contributed by atoms with Crippen LogP contribution in [0.5, 0.6) is 0 Å². The summed E-state index contributed by atoms with van der Waals surface area (Å²) in [6.07, 6.45) is 3.79. The lowest BCUT2D eigenvalue weighted by Crippen LogP contribution is -2.59. The maximum atomic E-state index is 14.7. The molecule has 224 valence electrons. The Hall–Kier alpha value is -4.35. The number of aliphatic hydroxyl groups excluding tert-OH is 1. The van der Waals surface area contributed by atoms with E-state index in [0.717, 1.165) is 11.1 Å². The van der Waals surface area contributed by atoms with E-state index in [1.165, 1.54) is 11.0 Å². The van der Waals surface area contributed by atoms with Crippen molar-refractivity contribution in [1.82, 2.24) is 24.8 Å². The average Bonchev–Trinajstić information content (AvgIpc) is 3.78. The van der Waals surface area contributed by atoms with E-state index in [-0.39, 0.29) is 38.2 Å². The fourth-order valence-electron chi connectivity index (χ4n) is 7.14. The molecule has 0 radical (unpaired) electrons. The summed E-state index contributed by atoms with van der Waals surface area (Å²) in [7, 11) is 0. The van der Waals surface area contributed by atoms with Crippen molar-refractivity contribution in [2.75, 3.05) is 19.8 Å². The van der Waals surface area contributed by atoms with E-state index in [1.54, 1.807) is 15.7 Å². The molecular weight excluding hydrogens is 550 g/mol. The normalized spacial score (nSPS) is 26.3. The van der Waals surface area contributed by atoms with Gasteiger partial charge in [0.25, 0.3) is 0 Å². The van der Waals surface area contributed by atoms with Gasteiger partial charge in [-0.15, -0.1) is 11.7 Å². The number of amides is 2. The highest BCUT2D eigenvalue weighted by atomic mass is 16.6. The third-order valence-electron chi connectivity index (χ3n) is 8.89. The van der Waals surface area contributed by atoms with Crippen LogP contribution in [0, 0.1) is 11.8 Å². The predicted molar refractivity (Wildman–Crippen MR) is 156 cm³/mol. The maximum Gasteiger partial charge on any atom is 0.312 e. The van der Waals surface area contributed by atoms with Gasteiger partial charge in [0.05, 0.1) is 36.1 Å². The molecule has 1 aromatic heterocycles. The minimum absolute atomic E-state index is 0.00822. The number of carbonyl (C=O) groups excluding carboxylic acids is 3. The summed E-state index contributed by atoms with van der Waals surface area (Å²) >= 11 is 0. The standard InChI is InChI=1S/C32H35N5O6/c1-3-16-35(20-36-24-13-9-8-12-23(24)33-34-36)30(40)28-32-15-14-25(43-32)26(31(41)42-17-4-2)27(32)29(39)37(28)22(19-38)18-21-10-6-5-7-11-21/h3-13,22,25-28,38H,1-2,14-20H2/t22-,25+,26-,27+,28?,32?/m1/s1. The number of carbonyl (C=O) groups is 3. The van der Waals surface area contributed by atoms with Crippen LogP contribution in [0.2, 0.25) is 0 Å². The van der Waals surface area contributed by atoms with Crippen LogP contribution in [-0.4, -0.2) is 91.2 Å². The van der Waals surface area contributed by atoms with Crippen molar-refractivity contribution in [3.8, 4) is 0 Å². The number of hydrogen-bond acceptors (Lipinski definition) is 8. The first-order valence-electron chi connectivity index (χ1n) is 14.5. The van der Waals surface area contributed by atoms with Crippen LogP contribution in [0.25, 0.3) is 11.0 Å². The number of benzene rings is 2. The van der Waals surface area contributed by atoms with Crippen molar-refractivity contribution in [3.63, 3.8) is 0 Å². The Labute approximate surface area is 249 Å². The average molecular weight is 586 g/mol. The molecule has 11 nitrogen and oxygen atoms in total. The summed E-state index contributed by atoms with van der Waals surface area (Å²) in [5.41, 5.74) is 1.09. The summed E-state index contributed by atoms with van der Waals surface area (Å²) in [6.45, 7) is 7.33. The van der Waals surface area contributed by atoms with E-state index < -0.39 is 41.6 Å². The molecule has 2 bridgehead atoms. The first-order valence-corrected chi connectivity index (χ1v) is 14.5. The minimum atomic E-state index is -1.25. The number of ether oxygens (including phenoxy) is 2. The zero-order chi connectivity index (χ0) is 30.1. The first kappa shape index (κ1) is 28.8. The quantitative estimate of drug-likeness (QED) is 0.253. The number of nitrogens with zero attached hydrogens (tertiary/aromatic N) is 5. The number of aliphatic hydroxyl groups is 1. The minimum Gasteiger partial charge on any atom is -0.461 e. The van der Waals surface area contributed by atoms with Gasteiger partial charge < -0.3 is 24.4 Å². The van der Waals surface area contributed by atoms with Crippen LogP contribution >= 0.6 is 0 Å². The van der Waals surface area contributed by atoms with Gasteiger partial charge in [-0.05, 0) is 37.0 Å². The number of para-hydroxylation sites is 1. The van der Waals surface area contributed by atoms with Gasteiger partial charge in [-0.1, -0.05) is 66.4 Å². The Morgan fingerprint density at radius 2 is 1.93 bits per heavy atom. The molecule has 4 heterocycles. The first-order chi connectivity index (χ1) is 20.9. The highest BCUT2D eigenvalue weighted by Gasteiger charge is 2.75. The molecule has 2 unspecified atom stereocenters. The van der Waals surface area contributed by atoms with E-state index >= 15 is 0 Å². The van der Waals surface area contributed by atoms with Crippen LogP contribution in [0.1, 0.15) is 18.4 Å². The molecule has 0 aliphatic carbocycles. The van der Waals surface area contributed by atoms with Crippen LogP contribution in [-0.2, 0) is 36.9 Å². The van der Waals surface area contributed by atoms with Crippen molar-refractivity contribution in [3.05, 3.63) is 85.5 Å². The van der Waals surface area contributed by atoms with Crippen LogP contribution in [0.15, 0.2) is 79.9 Å². The number of rotatable bonds is 12. The maximum absolute atomic E-state index is 14.7. The van der Waals surface area contributed by atoms with Gasteiger partial charge in [0.1, 0.15) is 30.4 Å². The molecule has 1 N–H and O–H groups in total. The Morgan fingerprint density at radius 3 is 2.67 bits per heavy atom. The number of fused-ring (bicyclic) bond motifs is 2. The zero-order valence-electron chi connectivity index (χ0n) is 23.8. The molecule has 3 aliphatic rings.